The van der Waals surface area contributed by atoms with E-state index in [0.29, 0.717) is 45.1 Å². The first-order valence-electron chi connectivity index (χ1n) is 9.23. The number of amides is 1. The Morgan fingerprint density at radius 2 is 1.45 bits per heavy atom. The second-order valence-electron chi connectivity index (χ2n) is 6.36. The number of benzene rings is 2. The van der Waals surface area contributed by atoms with Gasteiger partial charge in [-0.2, -0.15) is 0 Å². The van der Waals surface area contributed by atoms with Gasteiger partial charge in [0.25, 0.3) is 5.91 Å². The summed E-state index contributed by atoms with van der Waals surface area (Å²) in [6, 6.07) is 8.66. The molecule has 0 radical (unpaired) electrons. The van der Waals surface area contributed by atoms with Gasteiger partial charge >= 0.3 is 0 Å². The van der Waals surface area contributed by atoms with Gasteiger partial charge in [-0.15, -0.1) is 11.3 Å². The molecule has 0 aliphatic rings. The van der Waals surface area contributed by atoms with Crippen molar-refractivity contribution >= 4 is 22.4 Å². The number of thiazole rings is 1. The van der Waals surface area contributed by atoms with Gasteiger partial charge in [-0.1, -0.05) is 0 Å². The summed E-state index contributed by atoms with van der Waals surface area (Å²) in [7, 11) is 9.42. The predicted octanol–water partition coefficient (Wildman–Crippen LogP) is 4.13. The van der Waals surface area contributed by atoms with Gasteiger partial charge in [0.15, 0.2) is 28.1 Å². The van der Waals surface area contributed by atoms with Gasteiger partial charge < -0.3 is 23.7 Å². The van der Waals surface area contributed by atoms with Crippen molar-refractivity contribution in [2.45, 2.75) is 0 Å². The van der Waals surface area contributed by atoms with Crippen molar-refractivity contribution in [2.24, 2.45) is 0 Å². The number of hydrogen-bond acceptors (Lipinski definition) is 8. The summed E-state index contributed by atoms with van der Waals surface area (Å²) in [6.45, 7) is 0. The molecule has 1 amide bonds. The summed E-state index contributed by atoms with van der Waals surface area (Å²) in [5.41, 5.74) is 1.93. The lowest BCUT2D eigenvalue weighted by Gasteiger charge is -2.15. The van der Waals surface area contributed by atoms with E-state index in [-0.39, 0.29) is 5.91 Å². The van der Waals surface area contributed by atoms with Crippen molar-refractivity contribution in [3.63, 3.8) is 0 Å². The predicted molar refractivity (Wildman–Crippen MR) is 119 cm³/mol. The van der Waals surface area contributed by atoms with Gasteiger partial charge in [0.2, 0.25) is 5.75 Å². The maximum Gasteiger partial charge on any atom is 0.259 e. The molecule has 0 saturated carbocycles. The van der Waals surface area contributed by atoms with E-state index in [4.69, 9.17) is 23.7 Å². The molecule has 0 bridgehead atoms. The second-order valence-corrected chi connectivity index (χ2v) is 7.20. The fourth-order valence-electron chi connectivity index (χ4n) is 3.03. The number of carbonyl (C=O) groups excluding carboxylic acids is 1. The smallest absolute Gasteiger partial charge is 0.259 e. The van der Waals surface area contributed by atoms with Gasteiger partial charge in [-0.25, -0.2) is 4.98 Å². The lowest BCUT2D eigenvalue weighted by atomic mass is 10.1. The molecule has 31 heavy (non-hydrogen) atoms. The molecule has 2 aromatic carbocycles. The van der Waals surface area contributed by atoms with E-state index in [1.807, 2.05) is 17.5 Å². The maximum absolute atomic E-state index is 13.0. The van der Waals surface area contributed by atoms with E-state index >= 15 is 0 Å². The Morgan fingerprint density at radius 3 is 2.00 bits per heavy atom. The Balaban J connectivity index is 1.91. The van der Waals surface area contributed by atoms with E-state index in [2.05, 4.69) is 4.98 Å². The number of rotatable bonds is 8. The molecule has 1 heterocycles. The minimum atomic E-state index is -0.216. The van der Waals surface area contributed by atoms with E-state index in [0.717, 1.165) is 5.56 Å². The Bertz CT molecular complexity index is 1060. The first-order chi connectivity index (χ1) is 15.0. The summed E-state index contributed by atoms with van der Waals surface area (Å²) >= 11 is 1.36. The average Bonchev–Trinajstić information content (AvgIpc) is 3.31. The standard InChI is InChI=1S/C22H24N2O6S/c1-24(21(25)13-7-8-16(26-2)17(9-13)27-3)22-23-15(12-31-22)14-10-18(28-4)20(30-6)19(11-14)29-5/h7-12H,1-6H3. The van der Waals surface area contributed by atoms with Crippen LogP contribution in [0.4, 0.5) is 5.13 Å². The van der Waals surface area contributed by atoms with Crippen molar-refractivity contribution in [3.05, 3.63) is 41.3 Å². The van der Waals surface area contributed by atoms with Crippen molar-refractivity contribution in [3.8, 4) is 40.0 Å². The summed E-state index contributed by atoms with van der Waals surface area (Å²) in [5, 5.41) is 2.41. The highest BCUT2D eigenvalue weighted by atomic mass is 32.1. The van der Waals surface area contributed by atoms with Crippen molar-refractivity contribution in [1.82, 2.24) is 4.98 Å². The third-order valence-corrected chi connectivity index (χ3v) is 5.59. The molecule has 0 aliphatic heterocycles. The molecule has 3 aromatic rings. The van der Waals surface area contributed by atoms with Crippen LogP contribution in [0.15, 0.2) is 35.7 Å². The zero-order valence-corrected chi connectivity index (χ0v) is 19.0. The Labute approximate surface area is 184 Å². The fraction of sp³-hybridized carbons (Fsp3) is 0.273. The quantitative estimate of drug-likeness (QED) is 0.517. The van der Waals surface area contributed by atoms with Crippen LogP contribution in [0.25, 0.3) is 11.3 Å². The number of nitrogens with zero attached hydrogens (tertiary/aromatic N) is 2. The zero-order valence-electron chi connectivity index (χ0n) is 18.2. The number of carbonyl (C=O) groups is 1. The number of methoxy groups -OCH3 is 5. The molecule has 0 unspecified atom stereocenters. The molecule has 0 N–H and O–H groups in total. The number of hydrogen-bond donors (Lipinski definition) is 0. The largest absolute Gasteiger partial charge is 0.493 e. The molecule has 3 rings (SSSR count). The van der Waals surface area contributed by atoms with Crippen molar-refractivity contribution < 1.29 is 28.5 Å². The number of anilines is 1. The zero-order chi connectivity index (χ0) is 22.5. The van der Waals surface area contributed by atoms with Crippen LogP contribution in [0.5, 0.6) is 28.7 Å². The van der Waals surface area contributed by atoms with Crippen LogP contribution in [0.3, 0.4) is 0 Å². The van der Waals surface area contributed by atoms with Crippen molar-refractivity contribution in [2.75, 3.05) is 47.5 Å². The molecule has 1 aromatic heterocycles. The van der Waals surface area contributed by atoms with Crippen LogP contribution < -0.4 is 28.6 Å². The van der Waals surface area contributed by atoms with E-state index in [9.17, 15) is 4.79 Å². The molecular weight excluding hydrogens is 420 g/mol. The Morgan fingerprint density at radius 1 is 0.839 bits per heavy atom. The number of ether oxygens (including phenoxy) is 5. The Hall–Kier alpha value is -3.46. The number of aromatic nitrogens is 1. The maximum atomic E-state index is 13.0. The third-order valence-electron chi connectivity index (χ3n) is 4.67. The summed E-state index contributed by atoms with van der Waals surface area (Å²) in [4.78, 5) is 19.1. The average molecular weight is 445 g/mol. The highest BCUT2D eigenvalue weighted by Crippen LogP contribution is 2.41. The molecular formula is C22H24N2O6S. The van der Waals surface area contributed by atoms with E-state index in [1.165, 1.54) is 23.3 Å². The van der Waals surface area contributed by atoms with Crippen LogP contribution in [0.2, 0.25) is 0 Å². The van der Waals surface area contributed by atoms with Crippen molar-refractivity contribution in [1.29, 1.82) is 0 Å². The molecule has 0 fully saturated rings. The van der Waals surface area contributed by atoms with Crippen LogP contribution >= 0.6 is 11.3 Å². The molecule has 164 valence electrons. The SMILES string of the molecule is COc1ccc(C(=O)N(C)c2nc(-c3cc(OC)c(OC)c(OC)c3)cs2)cc1OC. The lowest BCUT2D eigenvalue weighted by molar-refractivity contribution is 0.0992. The minimum absolute atomic E-state index is 0.216. The first kappa shape index (κ1) is 22.2. The van der Waals surface area contributed by atoms with Gasteiger partial charge in [0, 0.05) is 23.6 Å². The summed E-state index contributed by atoms with van der Waals surface area (Å²) in [6.07, 6.45) is 0. The van der Waals surface area contributed by atoms with Crippen LogP contribution in [0, 0.1) is 0 Å². The van der Waals surface area contributed by atoms with E-state index in [1.54, 1.807) is 53.7 Å². The molecule has 9 heteroatoms. The van der Waals surface area contributed by atoms with Gasteiger partial charge in [0.05, 0.1) is 41.2 Å². The van der Waals surface area contributed by atoms with Crippen LogP contribution in [-0.2, 0) is 0 Å². The molecule has 0 spiro atoms. The monoisotopic (exact) mass is 444 g/mol. The van der Waals surface area contributed by atoms with Crippen LogP contribution in [-0.4, -0.2) is 53.5 Å². The normalized spacial score (nSPS) is 10.4. The highest BCUT2D eigenvalue weighted by molar-refractivity contribution is 7.14. The molecule has 0 aliphatic carbocycles. The van der Waals surface area contributed by atoms with Crippen LogP contribution in [0.1, 0.15) is 10.4 Å². The first-order valence-corrected chi connectivity index (χ1v) is 10.1. The summed E-state index contributed by atoms with van der Waals surface area (Å²) < 4.78 is 26.7. The second kappa shape index (κ2) is 9.57. The minimum Gasteiger partial charge on any atom is -0.493 e. The summed E-state index contributed by atoms with van der Waals surface area (Å²) in [5.74, 6) is 2.39. The van der Waals surface area contributed by atoms with Gasteiger partial charge in [0.1, 0.15) is 0 Å². The third kappa shape index (κ3) is 4.36. The van der Waals surface area contributed by atoms with E-state index < -0.39 is 0 Å². The molecule has 0 atom stereocenters. The molecule has 0 saturated heterocycles. The van der Waals surface area contributed by atoms with Gasteiger partial charge in [-0.3, -0.25) is 9.69 Å². The highest BCUT2D eigenvalue weighted by Gasteiger charge is 2.20. The lowest BCUT2D eigenvalue weighted by Crippen LogP contribution is -2.26. The Kier molecular flexibility index (Phi) is 6.86. The topological polar surface area (TPSA) is 79.4 Å². The fourth-order valence-corrected chi connectivity index (χ4v) is 3.83. The van der Waals surface area contributed by atoms with Gasteiger partial charge in [-0.05, 0) is 30.3 Å². The molecule has 8 nitrogen and oxygen atoms in total.